The molecule has 0 aliphatic heterocycles. The molecule has 0 saturated carbocycles. The first-order chi connectivity index (χ1) is 7.33. The van der Waals surface area contributed by atoms with Crippen LogP contribution in [0.5, 0.6) is 0 Å². The Morgan fingerprint density at radius 1 is 0.867 bits per heavy atom. The van der Waals surface area contributed by atoms with Crippen molar-refractivity contribution in [1.82, 2.24) is 0 Å². The summed E-state index contributed by atoms with van der Waals surface area (Å²) < 4.78 is 0. The summed E-state index contributed by atoms with van der Waals surface area (Å²) in [6.07, 6.45) is 5.46. The van der Waals surface area contributed by atoms with Gasteiger partial charge in [0.05, 0.1) is 0 Å². The summed E-state index contributed by atoms with van der Waals surface area (Å²) in [5.41, 5.74) is 3.04. The van der Waals surface area contributed by atoms with Gasteiger partial charge in [-0.3, -0.25) is 0 Å². The van der Waals surface area contributed by atoms with Crippen LogP contribution in [0.25, 0.3) is 11.1 Å². The van der Waals surface area contributed by atoms with E-state index in [1.165, 1.54) is 0 Å². The van der Waals surface area contributed by atoms with Gasteiger partial charge in [0.15, 0.2) is 0 Å². The summed E-state index contributed by atoms with van der Waals surface area (Å²) in [4.78, 5) is 0.945. The molecule has 0 aromatic heterocycles. The first kappa shape index (κ1) is 9.89. The monoisotopic (exact) mass is 210 g/mol. The average molecular weight is 210 g/mol. The second-order valence-electron chi connectivity index (χ2n) is 3.21. The fourth-order valence-corrected chi connectivity index (χ4v) is 1.83. The van der Waals surface area contributed by atoms with E-state index in [1.54, 1.807) is 0 Å². The molecule has 2 aromatic rings. The van der Waals surface area contributed by atoms with E-state index >= 15 is 0 Å². The maximum atomic E-state index is 5.46. The van der Waals surface area contributed by atoms with Crippen LogP contribution in [-0.4, -0.2) is 0 Å². The Kier molecular flexibility index (Phi) is 2.80. The van der Waals surface area contributed by atoms with Crippen molar-refractivity contribution in [1.29, 1.82) is 0 Å². The van der Waals surface area contributed by atoms with Crippen LogP contribution in [0.1, 0.15) is 5.56 Å². The highest BCUT2D eigenvalue weighted by Crippen LogP contribution is 2.28. The van der Waals surface area contributed by atoms with E-state index in [0.29, 0.717) is 0 Å². The highest BCUT2D eigenvalue weighted by atomic mass is 32.1. The normalized spacial score (nSPS) is 9.60. The zero-order valence-electron chi connectivity index (χ0n) is 8.14. The summed E-state index contributed by atoms with van der Waals surface area (Å²) >= 11 is 4.43. The van der Waals surface area contributed by atoms with Crippen LogP contribution in [0.15, 0.2) is 53.4 Å². The number of hydrogen-bond acceptors (Lipinski definition) is 1. The number of terminal acetylenes is 1. The van der Waals surface area contributed by atoms with Crippen molar-refractivity contribution in [3.05, 3.63) is 54.1 Å². The minimum atomic E-state index is 0.902. The lowest BCUT2D eigenvalue weighted by Gasteiger charge is -2.07. The Labute approximate surface area is 95.4 Å². The molecular formula is C14H10S. The average Bonchev–Trinajstić information content (AvgIpc) is 2.30. The predicted molar refractivity (Wildman–Crippen MR) is 67.1 cm³/mol. The van der Waals surface area contributed by atoms with Crippen molar-refractivity contribution in [2.75, 3.05) is 0 Å². The fraction of sp³-hybridized carbons (Fsp3) is 0. The summed E-state index contributed by atoms with van der Waals surface area (Å²) in [6.45, 7) is 0. The zero-order valence-corrected chi connectivity index (χ0v) is 9.04. The van der Waals surface area contributed by atoms with Gasteiger partial charge in [0, 0.05) is 10.5 Å². The third-order valence-electron chi connectivity index (χ3n) is 2.28. The molecule has 2 rings (SSSR count). The largest absolute Gasteiger partial charge is 0.143 e. The minimum absolute atomic E-state index is 0.902. The van der Waals surface area contributed by atoms with Gasteiger partial charge < -0.3 is 0 Å². The van der Waals surface area contributed by atoms with E-state index in [0.717, 1.165) is 21.6 Å². The van der Waals surface area contributed by atoms with Gasteiger partial charge in [0.2, 0.25) is 0 Å². The van der Waals surface area contributed by atoms with Gasteiger partial charge in [-0.05, 0) is 23.3 Å². The Balaban J connectivity index is 2.65. The standard InChI is InChI=1S/C14H10S/c1-2-11-7-3-4-8-12(11)13-9-5-6-10-14(13)15/h1,3-10,15H. The lowest BCUT2D eigenvalue weighted by molar-refractivity contribution is 1.45. The molecule has 0 amide bonds. The fourth-order valence-electron chi connectivity index (χ4n) is 1.55. The van der Waals surface area contributed by atoms with Crippen LogP contribution in [0.3, 0.4) is 0 Å². The molecule has 1 heteroatoms. The molecule has 0 atom stereocenters. The summed E-state index contributed by atoms with van der Waals surface area (Å²) in [7, 11) is 0. The predicted octanol–water partition coefficient (Wildman–Crippen LogP) is 3.62. The van der Waals surface area contributed by atoms with Crippen molar-refractivity contribution >= 4 is 12.6 Å². The van der Waals surface area contributed by atoms with Crippen LogP contribution in [0, 0.1) is 12.3 Å². The number of benzene rings is 2. The molecule has 2 aromatic carbocycles. The topological polar surface area (TPSA) is 0 Å². The highest BCUT2D eigenvalue weighted by Gasteiger charge is 2.04. The molecule has 0 aliphatic rings. The van der Waals surface area contributed by atoms with Crippen LogP contribution in [0.4, 0.5) is 0 Å². The molecule has 0 fully saturated rings. The number of rotatable bonds is 1. The van der Waals surface area contributed by atoms with Crippen LogP contribution >= 0.6 is 12.6 Å². The molecule has 0 saturated heterocycles. The van der Waals surface area contributed by atoms with Gasteiger partial charge >= 0.3 is 0 Å². The summed E-state index contributed by atoms with van der Waals surface area (Å²) in [5.74, 6) is 2.69. The van der Waals surface area contributed by atoms with Crippen LogP contribution in [-0.2, 0) is 0 Å². The minimum Gasteiger partial charge on any atom is -0.143 e. The molecular weight excluding hydrogens is 200 g/mol. The lowest BCUT2D eigenvalue weighted by Crippen LogP contribution is -1.84. The van der Waals surface area contributed by atoms with Crippen molar-refractivity contribution in [3.63, 3.8) is 0 Å². The van der Waals surface area contributed by atoms with Gasteiger partial charge in [-0.15, -0.1) is 19.1 Å². The third-order valence-corrected chi connectivity index (χ3v) is 2.67. The summed E-state index contributed by atoms with van der Waals surface area (Å²) in [5, 5.41) is 0. The Hall–Kier alpha value is -1.65. The van der Waals surface area contributed by atoms with Gasteiger partial charge in [0.25, 0.3) is 0 Å². The Morgan fingerprint density at radius 2 is 1.47 bits per heavy atom. The van der Waals surface area contributed by atoms with Crippen molar-refractivity contribution < 1.29 is 0 Å². The third kappa shape index (κ3) is 1.91. The van der Waals surface area contributed by atoms with Gasteiger partial charge in [-0.1, -0.05) is 42.3 Å². The summed E-state index contributed by atoms with van der Waals surface area (Å²) in [6, 6.07) is 15.8. The van der Waals surface area contributed by atoms with Crippen molar-refractivity contribution in [2.24, 2.45) is 0 Å². The molecule has 0 radical (unpaired) electrons. The lowest BCUT2D eigenvalue weighted by atomic mass is 10.0. The van der Waals surface area contributed by atoms with E-state index < -0.39 is 0 Å². The Bertz CT molecular complexity index is 521. The SMILES string of the molecule is C#Cc1ccccc1-c1ccccc1S. The molecule has 72 valence electrons. The van der Waals surface area contributed by atoms with E-state index in [4.69, 9.17) is 6.42 Å². The van der Waals surface area contributed by atoms with Gasteiger partial charge in [-0.25, -0.2) is 0 Å². The van der Waals surface area contributed by atoms with Crippen LogP contribution in [0.2, 0.25) is 0 Å². The molecule has 0 nitrogen and oxygen atoms in total. The maximum absolute atomic E-state index is 5.46. The van der Waals surface area contributed by atoms with Crippen LogP contribution < -0.4 is 0 Å². The quantitative estimate of drug-likeness (QED) is 0.539. The number of hydrogen-bond donors (Lipinski definition) is 1. The van der Waals surface area contributed by atoms with Gasteiger partial charge in [-0.2, -0.15) is 0 Å². The van der Waals surface area contributed by atoms with Gasteiger partial charge in [0.1, 0.15) is 0 Å². The van der Waals surface area contributed by atoms with E-state index in [-0.39, 0.29) is 0 Å². The van der Waals surface area contributed by atoms with E-state index in [2.05, 4.69) is 18.5 Å². The molecule has 0 N–H and O–H groups in total. The van der Waals surface area contributed by atoms with E-state index in [1.807, 2.05) is 48.5 Å². The zero-order chi connectivity index (χ0) is 10.7. The molecule has 0 bridgehead atoms. The first-order valence-electron chi connectivity index (χ1n) is 4.67. The maximum Gasteiger partial charge on any atom is 0.0321 e. The second kappa shape index (κ2) is 4.25. The molecule has 0 unspecified atom stereocenters. The molecule has 0 aliphatic carbocycles. The smallest absolute Gasteiger partial charge is 0.0321 e. The highest BCUT2D eigenvalue weighted by molar-refractivity contribution is 7.80. The second-order valence-corrected chi connectivity index (χ2v) is 3.69. The first-order valence-corrected chi connectivity index (χ1v) is 5.11. The molecule has 0 heterocycles. The Morgan fingerprint density at radius 3 is 2.13 bits per heavy atom. The number of thiol groups is 1. The molecule has 15 heavy (non-hydrogen) atoms. The van der Waals surface area contributed by atoms with Crippen molar-refractivity contribution in [2.45, 2.75) is 4.90 Å². The van der Waals surface area contributed by atoms with E-state index in [9.17, 15) is 0 Å². The van der Waals surface area contributed by atoms with Crippen molar-refractivity contribution in [3.8, 4) is 23.5 Å². The molecule has 0 spiro atoms.